The Morgan fingerprint density at radius 3 is 2.45 bits per heavy atom. The number of hydrogen-bond donors (Lipinski definition) is 1. The summed E-state index contributed by atoms with van der Waals surface area (Å²) in [6.07, 6.45) is 0. The lowest BCUT2D eigenvalue weighted by Gasteiger charge is -2.04. The van der Waals surface area contributed by atoms with Crippen molar-refractivity contribution in [3.05, 3.63) is 30.3 Å². The van der Waals surface area contributed by atoms with Crippen LogP contribution in [0.4, 0.5) is 5.69 Å². The molecule has 0 amide bonds. The molecule has 0 atom stereocenters. The molecule has 0 saturated heterocycles. The first kappa shape index (κ1) is 7.85. The van der Waals surface area contributed by atoms with Crippen LogP contribution >= 0.6 is 0 Å². The van der Waals surface area contributed by atoms with Gasteiger partial charge < -0.3 is 8.93 Å². The lowest BCUT2D eigenvalue weighted by molar-refractivity contribution is 0.567. The first-order valence-corrected chi connectivity index (χ1v) is 4.09. The normalized spacial score (nSPS) is 9.18. The fourth-order valence-electron chi connectivity index (χ4n) is 0.634. The predicted molar refractivity (Wildman–Crippen MR) is 43.8 cm³/mol. The molecule has 3 nitrogen and oxygen atoms in total. The standard InChI is InChI=1S/C7H6NO2S/c9-6-11(10)8-7-4-2-1-3-5-7/h1-5H,(H,8,10)/q-1. The van der Waals surface area contributed by atoms with E-state index in [1.54, 1.807) is 24.3 Å². The Kier molecular flexibility index (Phi) is 2.72. The summed E-state index contributed by atoms with van der Waals surface area (Å²) in [5.74, 6) is 0. The minimum Gasteiger partial charge on any atom is -0.441 e. The van der Waals surface area contributed by atoms with E-state index in [0.29, 0.717) is 5.69 Å². The lowest BCUT2D eigenvalue weighted by Crippen LogP contribution is -1.93. The number of benzene rings is 1. The molecular weight excluding hydrogens is 162 g/mol. The number of para-hydroxylation sites is 1. The third-order valence-corrected chi connectivity index (χ3v) is 1.63. The van der Waals surface area contributed by atoms with Crippen LogP contribution in [0.25, 0.3) is 0 Å². The summed E-state index contributed by atoms with van der Waals surface area (Å²) in [4.78, 5) is 9.82. The van der Waals surface area contributed by atoms with Gasteiger partial charge in [-0.1, -0.05) is 18.2 Å². The molecular formula is C7H6NO2S-. The number of carbonyl (C=O) groups excluding carboxylic acids is 1. The van der Waals surface area contributed by atoms with Crippen LogP contribution in [-0.4, -0.2) is 5.23 Å². The highest BCUT2D eigenvalue weighted by molar-refractivity contribution is 7.84. The Bertz CT molecular complexity index is 324. The molecule has 1 N–H and O–H groups in total. The van der Waals surface area contributed by atoms with Crippen LogP contribution in [0.5, 0.6) is 0 Å². The molecule has 0 radical (unpaired) electrons. The van der Waals surface area contributed by atoms with Gasteiger partial charge in [-0.2, -0.15) is 0 Å². The van der Waals surface area contributed by atoms with E-state index in [1.165, 1.54) is 5.23 Å². The molecule has 0 aliphatic carbocycles. The smallest absolute Gasteiger partial charge is 0.0282 e. The molecule has 0 bridgehead atoms. The molecule has 0 spiro atoms. The fraction of sp³-hybridized carbons (Fsp3) is 0. The zero-order valence-electron chi connectivity index (χ0n) is 5.61. The second-order valence-corrected chi connectivity index (χ2v) is 2.73. The minimum atomic E-state index is -1.73. The first-order valence-electron chi connectivity index (χ1n) is 2.94. The van der Waals surface area contributed by atoms with Gasteiger partial charge in [0.25, 0.3) is 0 Å². The number of nitrogens with one attached hydrogen (secondary N) is 1. The summed E-state index contributed by atoms with van der Waals surface area (Å²) in [6, 6.07) is 8.83. The van der Waals surface area contributed by atoms with Gasteiger partial charge in [0, 0.05) is 10.9 Å². The van der Waals surface area contributed by atoms with Crippen molar-refractivity contribution in [1.29, 1.82) is 0 Å². The van der Waals surface area contributed by atoms with Crippen molar-refractivity contribution < 1.29 is 9.00 Å². The molecule has 0 heterocycles. The maximum Gasteiger partial charge on any atom is 0.0282 e. The Labute approximate surface area is 66.2 Å². The molecule has 4 heteroatoms. The molecule has 0 fully saturated rings. The number of rotatable bonds is 2. The predicted octanol–water partition coefficient (Wildman–Crippen LogP) is 1.04. The van der Waals surface area contributed by atoms with Gasteiger partial charge in [0.15, 0.2) is 0 Å². The summed E-state index contributed by atoms with van der Waals surface area (Å²) in [6.45, 7) is 0. The number of anilines is 1. The maximum atomic E-state index is 10.6. The third kappa shape index (κ3) is 2.45. The third-order valence-electron chi connectivity index (χ3n) is 1.06. The summed E-state index contributed by atoms with van der Waals surface area (Å²) >= 11 is 0. The van der Waals surface area contributed by atoms with E-state index in [-0.39, 0.29) is 0 Å². The molecule has 11 heavy (non-hydrogen) atoms. The van der Waals surface area contributed by atoms with Crippen molar-refractivity contribution in [3.8, 4) is 0 Å². The van der Waals surface area contributed by atoms with Gasteiger partial charge in [-0.05, 0) is 12.1 Å². The maximum absolute atomic E-state index is 10.6. The average Bonchev–Trinajstić information content (AvgIpc) is 2.06. The monoisotopic (exact) mass is 168 g/mol. The average molecular weight is 168 g/mol. The molecule has 0 aliphatic heterocycles. The Morgan fingerprint density at radius 2 is 1.91 bits per heavy atom. The van der Waals surface area contributed by atoms with Crippen molar-refractivity contribution in [2.75, 3.05) is 4.72 Å². The SMILES string of the molecule is O=C=[S-](=O)Nc1ccccc1. The zero-order chi connectivity index (χ0) is 8.10. The van der Waals surface area contributed by atoms with Crippen molar-refractivity contribution in [2.24, 2.45) is 0 Å². The topological polar surface area (TPSA) is 46.2 Å². The summed E-state index contributed by atoms with van der Waals surface area (Å²) in [5, 5.41) is 1.32. The summed E-state index contributed by atoms with van der Waals surface area (Å²) < 4.78 is 13.0. The van der Waals surface area contributed by atoms with Crippen LogP contribution in [0.1, 0.15) is 0 Å². The molecule has 0 unspecified atom stereocenters. The highest BCUT2D eigenvalue weighted by atomic mass is 32.2. The van der Waals surface area contributed by atoms with E-state index in [1.807, 2.05) is 6.07 Å². The zero-order valence-corrected chi connectivity index (χ0v) is 6.43. The van der Waals surface area contributed by atoms with E-state index in [9.17, 15) is 9.00 Å². The van der Waals surface area contributed by atoms with Gasteiger partial charge in [-0.15, -0.1) is 10.6 Å². The Hall–Kier alpha value is -1.25. The van der Waals surface area contributed by atoms with E-state index < -0.39 is 10.6 Å². The van der Waals surface area contributed by atoms with Crippen molar-refractivity contribution >= 4 is 21.5 Å². The molecule has 58 valence electrons. The molecule has 1 aromatic carbocycles. The summed E-state index contributed by atoms with van der Waals surface area (Å²) in [7, 11) is -1.73. The fourth-order valence-corrected chi connectivity index (χ4v) is 1.03. The van der Waals surface area contributed by atoms with Gasteiger partial charge in [-0.3, -0.25) is 4.79 Å². The lowest BCUT2D eigenvalue weighted by atomic mass is 10.3. The van der Waals surface area contributed by atoms with E-state index >= 15 is 0 Å². The highest BCUT2D eigenvalue weighted by Crippen LogP contribution is 2.03. The molecule has 0 saturated carbocycles. The largest absolute Gasteiger partial charge is 0.441 e. The molecule has 0 aromatic heterocycles. The summed E-state index contributed by atoms with van der Waals surface area (Å²) in [5.41, 5.74) is 0.647. The molecule has 1 rings (SSSR count). The van der Waals surface area contributed by atoms with E-state index in [4.69, 9.17) is 0 Å². The van der Waals surface area contributed by atoms with Crippen molar-refractivity contribution in [3.63, 3.8) is 0 Å². The van der Waals surface area contributed by atoms with Gasteiger partial charge in [0.2, 0.25) is 0 Å². The van der Waals surface area contributed by atoms with Crippen LogP contribution in [0, 0.1) is 0 Å². The van der Waals surface area contributed by atoms with Crippen LogP contribution in [0.2, 0.25) is 0 Å². The van der Waals surface area contributed by atoms with Crippen LogP contribution in [-0.2, 0) is 19.6 Å². The van der Waals surface area contributed by atoms with Crippen LogP contribution < -0.4 is 4.72 Å². The van der Waals surface area contributed by atoms with E-state index in [2.05, 4.69) is 4.72 Å². The first-order chi connectivity index (χ1) is 5.33. The quantitative estimate of drug-likeness (QED) is 0.530. The van der Waals surface area contributed by atoms with Crippen LogP contribution in [0.3, 0.4) is 0 Å². The van der Waals surface area contributed by atoms with Gasteiger partial charge in [0.1, 0.15) is 0 Å². The Morgan fingerprint density at radius 1 is 1.27 bits per heavy atom. The van der Waals surface area contributed by atoms with Gasteiger partial charge in [0.05, 0.1) is 0 Å². The molecule has 1 aromatic rings. The van der Waals surface area contributed by atoms with Gasteiger partial charge in [-0.25, -0.2) is 0 Å². The second kappa shape index (κ2) is 3.81. The Balaban J connectivity index is 2.81. The van der Waals surface area contributed by atoms with Crippen molar-refractivity contribution in [2.45, 2.75) is 0 Å². The second-order valence-electron chi connectivity index (χ2n) is 1.82. The van der Waals surface area contributed by atoms with Crippen molar-refractivity contribution in [1.82, 2.24) is 0 Å². The van der Waals surface area contributed by atoms with Gasteiger partial charge >= 0.3 is 0 Å². The van der Waals surface area contributed by atoms with E-state index in [0.717, 1.165) is 0 Å². The highest BCUT2D eigenvalue weighted by Gasteiger charge is 1.79. The van der Waals surface area contributed by atoms with Crippen LogP contribution in [0.15, 0.2) is 30.3 Å². The molecule has 0 aliphatic rings. The number of hydrogen-bond acceptors (Lipinski definition) is 3. The minimum absolute atomic E-state index is 0.647.